The summed E-state index contributed by atoms with van der Waals surface area (Å²) < 4.78 is 44.4. The zero-order valence-corrected chi connectivity index (χ0v) is 19.3. The van der Waals surface area contributed by atoms with Crippen LogP contribution in [0.4, 0.5) is 19.0 Å². The van der Waals surface area contributed by atoms with Gasteiger partial charge in [0.05, 0.1) is 16.7 Å². The Morgan fingerprint density at radius 3 is 2.77 bits per heavy atom. The van der Waals surface area contributed by atoms with E-state index in [4.69, 9.17) is 0 Å². The average Bonchev–Trinajstić information content (AvgIpc) is 3.43. The molecule has 12 heteroatoms. The Bertz CT molecular complexity index is 1110. The lowest BCUT2D eigenvalue weighted by molar-refractivity contribution is -0.173. The second-order valence-electron chi connectivity index (χ2n) is 7.50. The molecule has 7 nitrogen and oxygen atoms in total. The van der Waals surface area contributed by atoms with Gasteiger partial charge < -0.3 is 10.2 Å². The molecule has 166 valence electrons. The topological polar surface area (TPSA) is 68.0 Å². The molecule has 1 aliphatic rings. The standard InChI is InChI=1S/C19H20BrF3N6OS/c1-10-11(8-24-28(10)3)9-27(2)18(30)16-15(20)17-25-12(13-5-4-6-31-13)7-14(19(21,22)23)29(17)26-16/h4-6,8,12,14,25H,7,9H2,1-3H3/t12-,14-/m0/s1. The summed E-state index contributed by atoms with van der Waals surface area (Å²) in [6, 6.07) is 1.24. The van der Waals surface area contributed by atoms with Gasteiger partial charge in [-0.1, -0.05) is 6.07 Å². The fourth-order valence-corrected chi connectivity index (χ4v) is 4.95. The van der Waals surface area contributed by atoms with Crippen molar-refractivity contribution in [3.8, 4) is 0 Å². The molecule has 4 heterocycles. The number of aryl methyl sites for hydroxylation is 1. The summed E-state index contributed by atoms with van der Waals surface area (Å²) in [4.78, 5) is 15.3. The number of nitrogens with one attached hydrogen (secondary N) is 1. The number of thiophene rings is 1. The third kappa shape index (κ3) is 3.98. The SMILES string of the molecule is Cc1c(CN(C)C(=O)c2nn3c(c2Br)N[C@H](c2cccs2)C[C@H]3C(F)(F)F)cnn1C. The maximum atomic E-state index is 13.9. The van der Waals surface area contributed by atoms with Crippen LogP contribution in [0, 0.1) is 6.92 Å². The number of anilines is 1. The van der Waals surface area contributed by atoms with Crippen molar-refractivity contribution in [2.24, 2.45) is 7.05 Å². The molecule has 0 bridgehead atoms. The van der Waals surface area contributed by atoms with Crippen molar-refractivity contribution in [3.05, 3.63) is 50.0 Å². The molecule has 0 aromatic carbocycles. The summed E-state index contributed by atoms with van der Waals surface area (Å²) in [5.41, 5.74) is 1.69. The molecule has 0 saturated heterocycles. The van der Waals surface area contributed by atoms with Crippen LogP contribution < -0.4 is 5.32 Å². The monoisotopic (exact) mass is 516 g/mol. The van der Waals surface area contributed by atoms with Crippen LogP contribution in [0.25, 0.3) is 0 Å². The van der Waals surface area contributed by atoms with Crippen LogP contribution in [-0.4, -0.2) is 43.6 Å². The highest BCUT2D eigenvalue weighted by Crippen LogP contribution is 2.47. The first kappa shape index (κ1) is 21.9. The highest BCUT2D eigenvalue weighted by molar-refractivity contribution is 9.10. The number of carbonyl (C=O) groups excluding carboxylic acids is 1. The fraction of sp³-hybridized carbons (Fsp3) is 0.421. The molecule has 0 spiro atoms. The van der Waals surface area contributed by atoms with Gasteiger partial charge in [0.1, 0.15) is 5.82 Å². The highest BCUT2D eigenvalue weighted by Gasteiger charge is 2.48. The van der Waals surface area contributed by atoms with Gasteiger partial charge in [0.2, 0.25) is 0 Å². The molecule has 3 aromatic heterocycles. The predicted molar refractivity (Wildman–Crippen MR) is 114 cm³/mol. The molecular formula is C19H20BrF3N6OS. The van der Waals surface area contributed by atoms with E-state index in [1.54, 1.807) is 37.1 Å². The molecule has 31 heavy (non-hydrogen) atoms. The van der Waals surface area contributed by atoms with Crippen LogP contribution in [0.15, 0.2) is 28.2 Å². The second kappa shape index (κ2) is 7.97. The van der Waals surface area contributed by atoms with Gasteiger partial charge in [-0.2, -0.15) is 23.4 Å². The molecule has 0 fully saturated rings. The molecule has 1 amide bonds. The predicted octanol–water partition coefficient (Wildman–Crippen LogP) is 4.68. The summed E-state index contributed by atoms with van der Waals surface area (Å²) >= 11 is 4.71. The van der Waals surface area contributed by atoms with E-state index >= 15 is 0 Å². The van der Waals surface area contributed by atoms with Crippen molar-refractivity contribution in [1.29, 1.82) is 0 Å². The first-order valence-electron chi connectivity index (χ1n) is 9.45. The van der Waals surface area contributed by atoms with Gasteiger partial charge in [0.15, 0.2) is 11.7 Å². The van der Waals surface area contributed by atoms with Crippen molar-refractivity contribution >= 4 is 39.0 Å². The van der Waals surface area contributed by atoms with Gasteiger partial charge in [-0.25, -0.2) is 4.68 Å². The Kier molecular flexibility index (Phi) is 5.63. The highest BCUT2D eigenvalue weighted by atomic mass is 79.9. The van der Waals surface area contributed by atoms with E-state index in [2.05, 4.69) is 31.4 Å². The number of amides is 1. The number of hydrogen-bond donors (Lipinski definition) is 1. The zero-order chi connectivity index (χ0) is 22.5. The van der Waals surface area contributed by atoms with Gasteiger partial charge >= 0.3 is 6.18 Å². The molecule has 0 saturated carbocycles. The lowest BCUT2D eigenvalue weighted by Crippen LogP contribution is -2.35. The summed E-state index contributed by atoms with van der Waals surface area (Å²) in [6.07, 6.45) is -3.04. The van der Waals surface area contributed by atoms with Crippen molar-refractivity contribution in [2.45, 2.75) is 38.1 Å². The molecule has 1 aliphatic heterocycles. The van der Waals surface area contributed by atoms with E-state index in [1.165, 1.54) is 16.2 Å². The van der Waals surface area contributed by atoms with Gasteiger partial charge in [-0.3, -0.25) is 9.48 Å². The van der Waals surface area contributed by atoms with E-state index in [0.717, 1.165) is 20.8 Å². The Balaban J connectivity index is 1.67. The number of aromatic nitrogens is 4. The summed E-state index contributed by atoms with van der Waals surface area (Å²) in [5.74, 6) is -0.325. The van der Waals surface area contributed by atoms with E-state index in [-0.39, 0.29) is 29.0 Å². The molecule has 3 aromatic rings. The Morgan fingerprint density at radius 1 is 1.45 bits per heavy atom. The van der Waals surface area contributed by atoms with E-state index in [0.29, 0.717) is 0 Å². The molecule has 1 N–H and O–H groups in total. The van der Waals surface area contributed by atoms with Gasteiger partial charge in [0, 0.05) is 43.2 Å². The van der Waals surface area contributed by atoms with Crippen LogP contribution in [0.1, 0.15) is 45.1 Å². The van der Waals surface area contributed by atoms with Crippen molar-refractivity contribution in [2.75, 3.05) is 12.4 Å². The quantitative estimate of drug-likeness (QED) is 0.546. The Hall–Kier alpha value is -2.34. The van der Waals surface area contributed by atoms with Crippen LogP contribution >= 0.6 is 27.3 Å². The lowest BCUT2D eigenvalue weighted by Gasteiger charge is -2.33. The molecule has 0 radical (unpaired) electrons. The second-order valence-corrected chi connectivity index (χ2v) is 9.27. The lowest BCUT2D eigenvalue weighted by atomic mass is 10.0. The van der Waals surface area contributed by atoms with Crippen LogP contribution in [0.2, 0.25) is 0 Å². The number of hydrogen-bond acceptors (Lipinski definition) is 5. The third-order valence-electron chi connectivity index (χ3n) is 5.48. The Morgan fingerprint density at radius 2 is 2.19 bits per heavy atom. The first-order valence-corrected chi connectivity index (χ1v) is 11.1. The van der Waals surface area contributed by atoms with Gasteiger partial charge in [-0.15, -0.1) is 11.3 Å². The number of nitrogens with zero attached hydrogens (tertiary/aromatic N) is 5. The molecule has 0 aliphatic carbocycles. The molecule has 2 atom stereocenters. The minimum atomic E-state index is -4.50. The van der Waals surface area contributed by atoms with Gasteiger partial charge in [-0.05, 0) is 34.3 Å². The number of halogens is 4. The number of alkyl halides is 3. The largest absolute Gasteiger partial charge is 0.410 e. The van der Waals surface area contributed by atoms with E-state index in [9.17, 15) is 18.0 Å². The summed E-state index contributed by atoms with van der Waals surface area (Å²) in [6.45, 7) is 2.15. The normalized spacial score (nSPS) is 18.5. The number of rotatable bonds is 4. The van der Waals surface area contributed by atoms with Crippen LogP contribution in [-0.2, 0) is 13.6 Å². The van der Waals surface area contributed by atoms with Crippen molar-refractivity contribution < 1.29 is 18.0 Å². The summed E-state index contributed by atoms with van der Waals surface area (Å²) in [5, 5.41) is 13.2. The fourth-order valence-electron chi connectivity index (χ4n) is 3.61. The first-order chi connectivity index (χ1) is 14.6. The van der Waals surface area contributed by atoms with Crippen molar-refractivity contribution in [1.82, 2.24) is 24.5 Å². The van der Waals surface area contributed by atoms with Crippen LogP contribution in [0.3, 0.4) is 0 Å². The summed E-state index contributed by atoms with van der Waals surface area (Å²) in [7, 11) is 3.39. The number of carbonyl (C=O) groups is 1. The maximum absolute atomic E-state index is 13.9. The van der Waals surface area contributed by atoms with Crippen LogP contribution in [0.5, 0.6) is 0 Å². The zero-order valence-electron chi connectivity index (χ0n) is 16.9. The minimum Gasteiger partial charge on any atom is -0.362 e. The number of fused-ring (bicyclic) bond motifs is 1. The third-order valence-corrected chi connectivity index (χ3v) is 7.21. The van der Waals surface area contributed by atoms with E-state index < -0.39 is 24.2 Å². The molecular weight excluding hydrogens is 497 g/mol. The van der Waals surface area contributed by atoms with E-state index in [1.807, 2.05) is 12.3 Å². The molecule has 0 unspecified atom stereocenters. The Labute approximate surface area is 189 Å². The average molecular weight is 517 g/mol. The smallest absolute Gasteiger partial charge is 0.362 e. The molecule has 4 rings (SSSR count). The maximum Gasteiger partial charge on any atom is 0.410 e. The van der Waals surface area contributed by atoms with Crippen molar-refractivity contribution in [3.63, 3.8) is 0 Å². The minimum absolute atomic E-state index is 0.0624. The van der Waals surface area contributed by atoms with Gasteiger partial charge in [0.25, 0.3) is 5.91 Å².